The van der Waals surface area contributed by atoms with E-state index in [0.717, 1.165) is 24.7 Å². The summed E-state index contributed by atoms with van der Waals surface area (Å²) in [6, 6.07) is 18.3. The fourth-order valence-corrected chi connectivity index (χ4v) is 3.27. The molecule has 8 heteroatoms. The van der Waals surface area contributed by atoms with Crippen LogP contribution in [0.5, 0.6) is 17.4 Å². The molecule has 1 aliphatic heterocycles. The van der Waals surface area contributed by atoms with Gasteiger partial charge in [-0.1, -0.05) is 18.2 Å². The van der Waals surface area contributed by atoms with E-state index < -0.39 is 0 Å². The molecule has 1 amide bonds. The highest BCUT2D eigenvalue weighted by molar-refractivity contribution is 5.94. The number of amides is 1. The first kappa shape index (κ1) is 21.6. The van der Waals surface area contributed by atoms with Gasteiger partial charge in [0.2, 0.25) is 5.88 Å². The Morgan fingerprint density at radius 2 is 1.75 bits per heavy atom. The van der Waals surface area contributed by atoms with E-state index in [9.17, 15) is 4.79 Å². The summed E-state index contributed by atoms with van der Waals surface area (Å²) in [5.74, 6) is 3.22. The first-order valence-electron chi connectivity index (χ1n) is 10.6. The molecule has 166 valence electrons. The van der Waals surface area contributed by atoms with Crippen molar-refractivity contribution in [1.82, 2.24) is 15.3 Å². The summed E-state index contributed by atoms with van der Waals surface area (Å²) in [7, 11) is 0. The van der Waals surface area contributed by atoms with E-state index in [2.05, 4.69) is 20.2 Å². The second-order valence-electron chi connectivity index (χ2n) is 7.25. The Balaban J connectivity index is 1.25. The van der Waals surface area contributed by atoms with Gasteiger partial charge < -0.3 is 24.4 Å². The molecule has 0 spiro atoms. The second kappa shape index (κ2) is 10.6. The highest BCUT2D eigenvalue weighted by atomic mass is 16.5. The Hall–Kier alpha value is -3.65. The minimum Gasteiger partial charge on any atom is -0.476 e. The number of ether oxygens (including phenoxy) is 3. The first-order valence-corrected chi connectivity index (χ1v) is 10.6. The van der Waals surface area contributed by atoms with E-state index in [4.69, 9.17) is 14.2 Å². The molecule has 1 fully saturated rings. The largest absolute Gasteiger partial charge is 0.476 e. The van der Waals surface area contributed by atoms with Crippen LogP contribution in [-0.2, 0) is 4.74 Å². The number of nitrogens with zero attached hydrogens (tertiary/aromatic N) is 3. The van der Waals surface area contributed by atoms with Gasteiger partial charge in [0.25, 0.3) is 5.91 Å². The molecule has 32 heavy (non-hydrogen) atoms. The van der Waals surface area contributed by atoms with Gasteiger partial charge in [0.15, 0.2) is 0 Å². The van der Waals surface area contributed by atoms with Gasteiger partial charge in [0.05, 0.1) is 19.8 Å². The Kier molecular flexibility index (Phi) is 7.14. The summed E-state index contributed by atoms with van der Waals surface area (Å²) in [6.45, 7) is 5.46. The predicted octanol–water partition coefficient (Wildman–Crippen LogP) is 3.22. The lowest BCUT2D eigenvalue weighted by atomic mass is 10.2. The van der Waals surface area contributed by atoms with Crippen LogP contribution in [0.1, 0.15) is 16.2 Å². The van der Waals surface area contributed by atoms with E-state index in [1.165, 1.54) is 0 Å². The minimum atomic E-state index is -0.173. The number of morpholine rings is 1. The van der Waals surface area contributed by atoms with Gasteiger partial charge in [-0.15, -0.1) is 0 Å². The number of carbonyl (C=O) groups excluding carboxylic acids is 1. The maximum absolute atomic E-state index is 12.4. The van der Waals surface area contributed by atoms with Crippen LogP contribution in [0.15, 0.2) is 60.7 Å². The van der Waals surface area contributed by atoms with Crippen molar-refractivity contribution in [1.29, 1.82) is 0 Å². The van der Waals surface area contributed by atoms with Crippen LogP contribution in [0.2, 0.25) is 0 Å². The number of aryl methyl sites for hydroxylation is 1. The van der Waals surface area contributed by atoms with Crippen LogP contribution in [0.3, 0.4) is 0 Å². The third kappa shape index (κ3) is 5.95. The summed E-state index contributed by atoms with van der Waals surface area (Å²) >= 11 is 0. The van der Waals surface area contributed by atoms with Crippen LogP contribution >= 0.6 is 0 Å². The van der Waals surface area contributed by atoms with Crippen LogP contribution in [0.4, 0.5) is 5.82 Å². The molecule has 1 aliphatic rings. The number of carbonyl (C=O) groups is 1. The number of aromatic nitrogens is 2. The van der Waals surface area contributed by atoms with Gasteiger partial charge in [-0.25, -0.2) is 4.98 Å². The molecule has 1 aromatic heterocycles. The molecule has 0 atom stereocenters. The molecule has 0 saturated carbocycles. The van der Waals surface area contributed by atoms with E-state index >= 15 is 0 Å². The molecule has 0 aliphatic carbocycles. The minimum absolute atomic E-state index is 0.173. The normalized spacial score (nSPS) is 13.5. The van der Waals surface area contributed by atoms with Crippen molar-refractivity contribution in [3.8, 4) is 17.4 Å². The summed E-state index contributed by atoms with van der Waals surface area (Å²) in [6.07, 6.45) is 0. The van der Waals surface area contributed by atoms with Crippen molar-refractivity contribution in [2.24, 2.45) is 0 Å². The zero-order valence-corrected chi connectivity index (χ0v) is 18.0. The topological polar surface area (TPSA) is 85.8 Å². The number of rotatable bonds is 8. The van der Waals surface area contributed by atoms with Crippen LogP contribution in [-0.4, -0.2) is 55.3 Å². The van der Waals surface area contributed by atoms with Crippen molar-refractivity contribution in [3.63, 3.8) is 0 Å². The molecule has 8 nitrogen and oxygen atoms in total. The van der Waals surface area contributed by atoms with Gasteiger partial charge in [-0.2, -0.15) is 4.98 Å². The second-order valence-corrected chi connectivity index (χ2v) is 7.25. The standard InChI is InChI=1S/C24H26N4O4/c1-18-26-22(28-12-15-30-16-13-28)17-23(27-18)31-14-11-25-24(29)19-7-9-21(10-8-19)32-20-5-3-2-4-6-20/h2-10,17H,11-16H2,1H3,(H,25,29). The van der Waals surface area contributed by atoms with Crippen molar-refractivity contribution in [2.75, 3.05) is 44.4 Å². The third-order valence-electron chi connectivity index (χ3n) is 4.87. The monoisotopic (exact) mass is 434 g/mol. The number of nitrogens with one attached hydrogen (secondary N) is 1. The van der Waals surface area contributed by atoms with Gasteiger partial charge in [0, 0.05) is 24.7 Å². The molecule has 2 heterocycles. The van der Waals surface area contributed by atoms with Gasteiger partial charge in [-0.05, 0) is 43.3 Å². The molecule has 0 radical (unpaired) electrons. The summed E-state index contributed by atoms with van der Waals surface area (Å²) in [5, 5.41) is 2.86. The maximum Gasteiger partial charge on any atom is 0.251 e. The Labute approximate surface area is 187 Å². The van der Waals surface area contributed by atoms with Gasteiger partial charge in [0.1, 0.15) is 29.7 Å². The molecule has 1 N–H and O–H groups in total. The van der Waals surface area contributed by atoms with E-state index in [1.54, 1.807) is 24.3 Å². The van der Waals surface area contributed by atoms with Gasteiger partial charge >= 0.3 is 0 Å². The average molecular weight is 434 g/mol. The maximum atomic E-state index is 12.4. The highest BCUT2D eigenvalue weighted by Gasteiger charge is 2.14. The Morgan fingerprint density at radius 1 is 1.03 bits per heavy atom. The van der Waals surface area contributed by atoms with Crippen molar-refractivity contribution < 1.29 is 19.0 Å². The van der Waals surface area contributed by atoms with Crippen molar-refractivity contribution >= 4 is 11.7 Å². The Bertz CT molecular complexity index is 1020. The molecule has 3 aromatic rings. The van der Waals surface area contributed by atoms with Gasteiger partial charge in [-0.3, -0.25) is 4.79 Å². The van der Waals surface area contributed by atoms with Crippen LogP contribution in [0, 0.1) is 6.92 Å². The third-order valence-corrected chi connectivity index (χ3v) is 4.87. The summed E-state index contributed by atoms with van der Waals surface area (Å²) < 4.78 is 16.9. The van der Waals surface area contributed by atoms with E-state index in [1.807, 2.05) is 43.3 Å². The fourth-order valence-electron chi connectivity index (χ4n) is 3.27. The van der Waals surface area contributed by atoms with Crippen LogP contribution < -0.4 is 19.7 Å². The SMILES string of the molecule is Cc1nc(OCCNC(=O)c2ccc(Oc3ccccc3)cc2)cc(N2CCOCC2)n1. The fraction of sp³-hybridized carbons (Fsp3) is 0.292. The Morgan fingerprint density at radius 3 is 2.50 bits per heavy atom. The molecule has 0 bridgehead atoms. The number of hydrogen-bond acceptors (Lipinski definition) is 7. The average Bonchev–Trinajstić information content (AvgIpc) is 2.83. The van der Waals surface area contributed by atoms with E-state index in [-0.39, 0.29) is 5.91 Å². The van der Waals surface area contributed by atoms with Crippen molar-refractivity contribution in [3.05, 3.63) is 72.1 Å². The molecule has 1 saturated heterocycles. The van der Waals surface area contributed by atoms with Crippen LogP contribution in [0.25, 0.3) is 0 Å². The number of benzene rings is 2. The lowest BCUT2D eigenvalue weighted by Crippen LogP contribution is -2.37. The zero-order chi connectivity index (χ0) is 22.2. The molecule has 4 rings (SSSR count). The summed E-state index contributed by atoms with van der Waals surface area (Å²) in [4.78, 5) is 23.4. The van der Waals surface area contributed by atoms with E-state index in [0.29, 0.717) is 49.4 Å². The number of hydrogen-bond donors (Lipinski definition) is 1. The molecule has 2 aromatic carbocycles. The lowest BCUT2D eigenvalue weighted by Gasteiger charge is -2.28. The highest BCUT2D eigenvalue weighted by Crippen LogP contribution is 2.21. The smallest absolute Gasteiger partial charge is 0.251 e. The summed E-state index contributed by atoms with van der Waals surface area (Å²) in [5.41, 5.74) is 0.554. The number of anilines is 1. The molecular formula is C24H26N4O4. The van der Waals surface area contributed by atoms with Crippen molar-refractivity contribution in [2.45, 2.75) is 6.92 Å². The number of para-hydroxylation sites is 1. The first-order chi connectivity index (χ1) is 15.7. The lowest BCUT2D eigenvalue weighted by molar-refractivity contribution is 0.0946. The predicted molar refractivity (Wildman–Crippen MR) is 121 cm³/mol. The quantitative estimate of drug-likeness (QED) is 0.545. The zero-order valence-electron chi connectivity index (χ0n) is 18.0. The molecular weight excluding hydrogens is 408 g/mol. The molecule has 0 unspecified atom stereocenters.